The van der Waals surface area contributed by atoms with Gasteiger partial charge in [-0.25, -0.2) is 4.99 Å². The van der Waals surface area contributed by atoms with E-state index in [0.717, 1.165) is 29.3 Å². The lowest BCUT2D eigenvalue weighted by Gasteiger charge is -2.40. The molecule has 29 heavy (non-hydrogen) atoms. The minimum absolute atomic E-state index is 0.111. The Bertz CT molecular complexity index is 737. The van der Waals surface area contributed by atoms with Gasteiger partial charge in [-0.2, -0.15) is 8.78 Å². The molecular weight excluding hydrogens is 444 g/mol. The number of hydrogen-bond acceptors (Lipinski definition) is 3. The second kappa shape index (κ2) is 9.27. The molecule has 1 saturated carbocycles. The summed E-state index contributed by atoms with van der Waals surface area (Å²) in [5.74, 6) is 0.449. The molecule has 1 aromatic rings. The molecule has 0 radical (unpaired) electrons. The highest BCUT2D eigenvalue weighted by Gasteiger charge is 2.48. The van der Waals surface area contributed by atoms with E-state index in [1.54, 1.807) is 7.11 Å². The largest absolute Gasteiger partial charge is 0.370 e. The monoisotopic (exact) mass is 473 g/mol. The van der Waals surface area contributed by atoms with Gasteiger partial charge < -0.3 is 20.1 Å². The highest BCUT2D eigenvalue weighted by atomic mass is 79.9. The number of rotatable bonds is 6. The number of alkyl halides is 2. The summed E-state index contributed by atoms with van der Waals surface area (Å²) in [7, 11) is 1.64. The molecule has 0 aliphatic heterocycles. The minimum Gasteiger partial charge on any atom is -0.370 e. The number of fused-ring (bicyclic) bond motifs is 1. The van der Waals surface area contributed by atoms with Gasteiger partial charge in [-0.1, -0.05) is 22.0 Å². The van der Waals surface area contributed by atoms with Crippen molar-refractivity contribution in [3.8, 4) is 0 Å². The van der Waals surface area contributed by atoms with Crippen molar-refractivity contribution < 1.29 is 18.3 Å². The molecule has 1 fully saturated rings. The lowest BCUT2D eigenvalue weighted by atomic mass is 9.68. The SMILES string of the molecule is COCN(C(N)=NC1c2cc(Br)ccc2CC12CCC(OC(F)F)CC2)C(C)C. The van der Waals surface area contributed by atoms with Crippen LogP contribution >= 0.6 is 15.9 Å². The van der Waals surface area contributed by atoms with Crippen LogP contribution in [0, 0.1) is 5.41 Å². The molecule has 8 heteroatoms. The van der Waals surface area contributed by atoms with E-state index in [9.17, 15) is 8.78 Å². The molecule has 0 aromatic heterocycles. The van der Waals surface area contributed by atoms with Crippen molar-refractivity contribution in [2.24, 2.45) is 16.1 Å². The molecule has 1 atom stereocenters. The Morgan fingerprint density at radius 1 is 1.34 bits per heavy atom. The zero-order chi connectivity index (χ0) is 21.2. The van der Waals surface area contributed by atoms with Crippen LogP contribution in [0.25, 0.3) is 0 Å². The average molecular weight is 474 g/mol. The van der Waals surface area contributed by atoms with E-state index in [-0.39, 0.29) is 17.5 Å². The van der Waals surface area contributed by atoms with Crippen molar-refractivity contribution in [3.05, 3.63) is 33.8 Å². The first-order valence-electron chi connectivity index (χ1n) is 10.1. The van der Waals surface area contributed by atoms with E-state index in [4.69, 9.17) is 20.2 Å². The van der Waals surface area contributed by atoms with Gasteiger partial charge in [-0.15, -0.1) is 0 Å². The average Bonchev–Trinajstić information content (AvgIpc) is 2.94. The highest BCUT2D eigenvalue weighted by Crippen LogP contribution is 2.56. The molecule has 162 valence electrons. The minimum atomic E-state index is -2.72. The molecular formula is C21H30BrF2N3O2. The Morgan fingerprint density at radius 3 is 2.62 bits per heavy atom. The third-order valence-electron chi connectivity index (χ3n) is 6.20. The lowest BCUT2D eigenvalue weighted by Crippen LogP contribution is -2.44. The Labute approximate surface area is 179 Å². The van der Waals surface area contributed by atoms with Crippen LogP contribution < -0.4 is 5.73 Å². The Balaban J connectivity index is 1.92. The van der Waals surface area contributed by atoms with Crippen LogP contribution in [0.2, 0.25) is 0 Å². The fourth-order valence-electron chi connectivity index (χ4n) is 4.72. The molecule has 1 aromatic carbocycles. The Morgan fingerprint density at radius 2 is 2.03 bits per heavy atom. The van der Waals surface area contributed by atoms with Crippen LogP contribution in [-0.4, -0.2) is 43.5 Å². The first-order chi connectivity index (χ1) is 13.8. The number of benzene rings is 1. The molecule has 2 aliphatic carbocycles. The van der Waals surface area contributed by atoms with Crippen LogP contribution in [0.5, 0.6) is 0 Å². The maximum atomic E-state index is 12.7. The normalized spacial score (nSPS) is 27.1. The maximum Gasteiger partial charge on any atom is 0.345 e. The third-order valence-corrected chi connectivity index (χ3v) is 6.69. The number of methoxy groups -OCH3 is 1. The van der Waals surface area contributed by atoms with Gasteiger partial charge in [0.2, 0.25) is 0 Å². The summed E-state index contributed by atoms with van der Waals surface area (Å²) in [4.78, 5) is 6.92. The van der Waals surface area contributed by atoms with E-state index in [2.05, 4.69) is 28.1 Å². The standard InChI is InChI=1S/C21H30BrF2N3O2/c1-13(2)27(12-28-3)20(25)26-18-17-10-15(22)5-4-14(17)11-21(18)8-6-16(7-9-21)29-19(23)24/h4-5,10,13,16,18-19H,6-9,11-12H2,1-3H3,(H2,25,26). The topological polar surface area (TPSA) is 60.1 Å². The van der Waals surface area contributed by atoms with E-state index < -0.39 is 12.7 Å². The zero-order valence-corrected chi connectivity index (χ0v) is 18.8. The maximum absolute atomic E-state index is 12.7. The molecule has 2 aliphatic rings. The molecule has 0 heterocycles. The van der Waals surface area contributed by atoms with Crippen molar-refractivity contribution in [1.82, 2.24) is 4.90 Å². The molecule has 5 nitrogen and oxygen atoms in total. The van der Waals surface area contributed by atoms with Gasteiger partial charge >= 0.3 is 6.61 Å². The molecule has 3 rings (SSSR count). The summed E-state index contributed by atoms with van der Waals surface area (Å²) >= 11 is 3.57. The van der Waals surface area contributed by atoms with Gasteiger partial charge in [-0.3, -0.25) is 0 Å². The van der Waals surface area contributed by atoms with Gasteiger partial charge in [0, 0.05) is 23.0 Å². The van der Waals surface area contributed by atoms with Crippen LogP contribution in [0.1, 0.15) is 56.7 Å². The Hall–Kier alpha value is -1.25. The number of nitrogens with zero attached hydrogens (tertiary/aromatic N) is 2. The highest BCUT2D eigenvalue weighted by molar-refractivity contribution is 9.10. The summed E-state index contributed by atoms with van der Waals surface area (Å²) in [6.45, 7) is 1.73. The van der Waals surface area contributed by atoms with Gasteiger partial charge in [0.25, 0.3) is 0 Å². The second-order valence-electron chi connectivity index (χ2n) is 8.35. The summed E-state index contributed by atoms with van der Waals surface area (Å²) in [6, 6.07) is 6.32. The number of hydrogen-bond donors (Lipinski definition) is 1. The number of halogens is 3. The summed E-state index contributed by atoms with van der Waals surface area (Å²) in [5, 5.41) is 0. The molecule has 0 saturated heterocycles. The van der Waals surface area contributed by atoms with E-state index in [0.29, 0.717) is 25.5 Å². The molecule has 0 bridgehead atoms. The quantitative estimate of drug-likeness (QED) is 0.364. The van der Waals surface area contributed by atoms with Crippen molar-refractivity contribution in [2.75, 3.05) is 13.8 Å². The van der Waals surface area contributed by atoms with Crippen molar-refractivity contribution in [1.29, 1.82) is 0 Å². The number of ether oxygens (including phenoxy) is 2. The molecule has 1 spiro atoms. The van der Waals surface area contributed by atoms with Gasteiger partial charge in [0.15, 0.2) is 5.96 Å². The smallest absolute Gasteiger partial charge is 0.345 e. The van der Waals surface area contributed by atoms with E-state index >= 15 is 0 Å². The number of aliphatic imine (C=N–C) groups is 1. The van der Waals surface area contributed by atoms with Crippen molar-refractivity contribution in [3.63, 3.8) is 0 Å². The van der Waals surface area contributed by atoms with Gasteiger partial charge in [0.1, 0.15) is 6.73 Å². The summed E-state index contributed by atoms with van der Waals surface area (Å²) in [6.07, 6.45) is 3.27. The second-order valence-corrected chi connectivity index (χ2v) is 9.27. The van der Waals surface area contributed by atoms with Gasteiger partial charge in [0.05, 0.1) is 12.1 Å². The van der Waals surface area contributed by atoms with Gasteiger partial charge in [-0.05, 0) is 69.2 Å². The Kier molecular flexibility index (Phi) is 7.17. The first kappa shape index (κ1) is 22.4. The molecule has 0 amide bonds. The lowest BCUT2D eigenvalue weighted by molar-refractivity contribution is -0.175. The van der Waals surface area contributed by atoms with E-state index in [1.165, 1.54) is 5.56 Å². The fourth-order valence-corrected chi connectivity index (χ4v) is 5.10. The van der Waals surface area contributed by atoms with Crippen LogP contribution in [0.15, 0.2) is 27.7 Å². The molecule has 1 unspecified atom stereocenters. The number of guanidine groups is 1. The molecule has 2 N–H and O–H groups in total. The van der Waals surface area contributed by atoms with E-state index in [1.807, 2.05) is 24.8 Å². The van der Waals surface area contributed by atoms with Crippen molar-refractivity contribution in [2.45, 2.75) is 70.8 Å². The van der Waals surface area contributed by atoms with Crippen LogP contribution in [0.4, 0.5) is 8.78 Å². The zero-order valence-electron chi connectivity index (χ0n) is 17.2. The summed E-state index contributed by atoms with van der Waals surface area (Å²) in [5.41, 5.74) is 8.72. The fraction of sp³-hybridized carbons (Fsp3) is 0.667. The summed E-state index contributed by atoms with van der Waals surface area (Å²) < 4.78 is 36.4. The van der Waals surface area contributed by atoms with Crippen LogP contribution in [0.3, 0.4) is 0 Å². The van der Waals surface area contributed by atoms with Crippen molar-refractivity contribution >= 4 is 21.9 Å². The predicted molar refractivity (Wildman–Crippen MR) is 113 cm³/mol. The first-order valence-corrected chi connectivity index (χ1v) is 10.9. The third kappa shape index (κ3) is 4.91. The van der Waals surface area contributed by atoms with Crippen LogP contribution in [-0.2, 0) is 15.9 Å². The number of nitrogens with two attached hydrogens (primary N) is 1. The predicted octanol–water partition coefficient (Wildman–Crippen LogP) is 4.84.